The minimum absolute atomic E-state index is 0.245. The highest BCUT2D eigenvalue weighted by Gasteiger charge is 2.09. The van der Waals surface area contributed by atoms with Gasteiger partial charge in [-0.15, -0.1) is 0 Å². The highest BCUT2D eigenvalue weighted by atomic mass is 19.1. The van der Waals surface area contributed by atoms with Crippen molar-refractivity contribution < 1.29 is 4.39 Å². The average molecular weight is 268 g/mol. The molecular weight excluding hydrogens is 255 g/mol. The van der Waals surface area contributed by atoms with Gasteiger partial charge in [0.05, 0.1) is 18.2 Å². The summed E-state index contributed by atoms with van der Waals surface area (Å²) in [6.07, 6.45) is 5.07. The van der Waals surface area contributed by atoms with Crippen molar-refractivity contribution in [2.24, 2.45) is 0 Å². The number of halogens is 1. The fourth-order valence-electron chi connectivity index (χ4n) is 2.14. The van der Waals surface area contributed by atoms with Crippen molar-refractivity contribution in [3.05, 3.63) is 66.5 Å². The maximum atomic E-state index is 13.2. The minimum atomic E-state index is -0.245. The Bertz CT molecular complexity index is 736. The predicted octanol–water partition coefficient (Wildman–Crippen LogP) is 2.71. The van der Waals surface area contributed by atoms with Crippen molar-refractivity contribution in [2.75, 3.05) is 5.73 Å². The summed E-state index contributed by atoms with van der Waals surface area (Å²) in [6, 6.07) is 10.2. The fourth-order valence-corrected chi connectivity index (χ4v) is 2.14. The maximum Gasteiger partial charge on any atom is 0.132 e. The van der Waals surface area contributed by atoms with E-state index in [1.807, 2.05) is 22.8 Å². The number of pyridine rings is 1. The van der Waals surface area contributed by atoms with Gasteiger partial charge in [0.2, 0.25) is 0 Å². The second-order valence-corrected chi connectivity index (χ2v) is 4.47. The Morgan fingerprint density at radius 1 is 1.20 bits per heavy atom. The van der Waals surface area contributed by atoms with Crippen molar-refractivity contribution >= 4 is 5.82 Å². The van der Waals surface area contributed by atoms with Crippen LogP contribution in [0.2, 0.25) is 0 Å². The van der Waals surface area contributed by atoms with Gasteiger partial charge in [0, 0.05) is 18.3 Å². The number of imidazole rings is 1. The number of anilines is 1. The first-order chi connectivity index (χ1) is 9.74. The van der Waals surface area contributed by atoms with E-state index in [2.05, 4.69) is 9.97 Å². The van der Waals surface area contributed by atoms with Gasteiger partial charge in [-0.25, -0.2) is 14.4 Å². The monoisotopic (exact) mass is 268 g/mol. The summed E-state index contributed by atoms with van der Waals surface area (Å²) in [6.45, 7) is 0.529. The van der Waals surface area contributed by atoms with Crippen LogP contribution in [0.15, 0.2) is 55.1 Å². The first kappa shape index (κ1) is 12.3. The molecule has 0 aliphatic carbocycles. The van der Waals surface area contributed by atoms with E-state index in [4.69, 9.17) is 5.73 Å². The summed E-state index contributed by atoms with van der Waals surface area (Å²) in [5.74, 6) is 0.207. The Labute approximate surface area is 115 Å². The highest BCUT2D eigenvalue weighted by molar-refractivity contribution is 5.70. The van der Waals surface area contributed by atoms with Gasteiger partial charge in [0.1, 0.15) is 11.6 Å². The summed E-state index contributed by atoms with van der Waals surface area (Å²) in [5, 5.41) is 0. The molecule has 20 heavy (non-hydrogen) atoms. The molecule has 5 heteroatoms. The fraction of sp³-hybridized carbons (Fsp3) is 0.0667. The van der Waals surface area contributed by atoms with Crippen molar-refractivity contribution in [2.45, 2.75) is 6.54 Å². The van der Waals surface area contributed by atoms with Crippen molar-refractivity contribution in [1.29, 1.82) is 0 Å². The Balaban J connectivity index is 1.97. The van der Waals surface area contributed by atoms with Crippen LogP contribution in [0.5, 0.6) is 0 Å². The first-order valence-corrected chi connectivity index (χ1v) is 6.19. The van der Waals surface area contributed by atoms with Crippen LogP contribution in [0.25, 0.3) is 11.3 Å². The maximum absolute atomic E-state index is 13.2. The van der Waals surface area contributed by atoms with Crippen LogP contribution in [-0.4, -0.2) is 14.5 Å². The lowest BCUT2D eigenvalue weighted by molar-refractivity contribution is 0.623. The van der Waals surface area contributed by atoms with Gasteiger partial charge in [-0.1, -0.05) is 12.1 Å². The van der Waals surface area contributed by atoms with Gasteiger partial charge in [-0.3, -0.25) is 0 Å². The van der Waals surface area contributed by atoms with E-state index in [0.717, 1.165) is 16.8 Å². The summed E-state index contributed by atoms with van der Waals surface area (Å²) in [5.41, 5.74) is 8.43. The largest absolute Gasteiger partial charge is 0.383 e. The van der Waals surface area contributed by atoms with E-state index >= 15 is 0 Å². The predicted molar refractivity (Wildman–Crippen MR) is 75.4 cm³/mol. The normalized spacial score (nSPS) is 10.7. The molecule has 0 aliphatic rings. The van der Waals surface area contributed by atoms with Crippen LogP contribution in [0.3, 0.4) is 0 Å². The lowest BCUT2D eigenvalue weighted by Crippen LogP contribution is -2.02. The third-order valence-electron chi connectivity index (χ3n) is 3.07. The Kier molecular flexibility index (Phi) is 3.16. The number of nitrogens with two attached hydrogens (primary N) is 1. The molecule has 0 unspecified atom stereocenters. The molecule has 100 valence electrons. The van der Waals surface area contributed by atoms with Gasteiger partial charge in [0.15, 0.2) is 0 Å². The molecule has 0 saturated carbocycles. The zero-order valence-corrected chi connectivity index (χ0v) is 10.7. The van der Waals surface area contributed by atoms with Crippen LogP contribution in [-0.2, 0) is 6.54 Å². The molecule has 1 aromatic carbocycles. The number of aromatic nitrogens is 3. The third-order valence-corrected chi connectivity index (χ3v) is 3.07. The number of nitrogen functional groups attached to an aromatic ring is 1. The molecule has 3 aromatic rings. The number of hydrogen-bond donors (Lipinski definition) is 1. The Morgan fingerprint density at radius 3 is 2.90 bits per heavy atom. The van der Waals surface area contributed by atoms with Crippen molar-refractivity contribution in [1.82, 2.24) is 14.5 Å². The number of benzene rings is 1. The van der Waals surface area contributed by atoms with E-state index in [1.54, 1.807) is 24.8 Å². The van der Waals surface area contributed by atoms with E-state index < -0.39 is 0 Å². The SMILES string of the molecule is Nc1ncccc1-c1cncn1Cc1cccc(F)c1. The molecule has 4 nitrogen and oxygen atoms in total. The van der Waals surface area contributed by atoms with Gasteiger partial charge in [-0.2, -0.15) is 0 Å². The van der Waals surface area contributed by atoms with E-state index in [9.17, 15) is 4.39 Å². The van der Waals surface area contributed by atoms with Crippen LogP contribution in [0.1, 0.15) is 5.56 Å². The topological polar surface area (TPSA) is 56.7 Å². The highest BCUT2D eigenvalue weighted by Crippen LogP contribution is 2.24. The molecule has 0 bridgehead atoms. The van der Waals surface area contributed by atoms with Gasteiger partial charge in [-0.05, 0) is 29.8 Å². The van der Waals surface area contributed by atoms with Crippen LogP contribution < -0.4 is 5.73 Å². The smallest absolute Gasteiger partial charge is 0.132 e. The average Bonchev–Trinajstić information content (AvgIpc) is 2.87. The zero-order chi connectivity index (χ0) is 13.9. The quantitative estimate of drug-likeness (QED) is 0.794. The van der Waals surface area contributed by atoms with Gasteiger partial charge < -0.3 is 10.3 Å². The summed E-state index contributed by atoms with van der Waals surface area (Å²) < 4.78 is 15.1. The lowest BCUT2D eigenvalue weighted by Gasteiger charge is -2.09. The van der Waals surface area contributed by atoms with Gasteiger partial charge >= 0.3 is 0 Å². The zero-order valence-electron chi connectivity index (χ0n) is 10.7. The van der Waals surface area contributed by atoms with E-state index in [0.29, 0.717) is 12.4 Å². The molecule has 2 N–H and O–H groups in total. The standard InChI is InChI=1S/C15H13FN4/c16-12-4-1-3-11(7-12)9-20-10-18-8-14(20)13-5-2-6-19-15(13)17/h1-8,10H,9H2,(H2,17,19). The second-order valence-electron chi connectivity index (χ2n) is 4.47. The second kappa shape index (κ2) is 5.13. The summed E-state index contributed by atoms with van der Waals surface area (Å²) in [4.78, 5) is 8.22. The van der Waals surface area contributed by atoms with Gasteiger partial charge in [0.25, 0.3) is 0 Å². The first-order valence-electron chi connectivity index (χ1n) is 6.19. The molecule has 0 fully saturated rings. The van der Waals surface area contributed by atoms with Crippen LogP contribution in [0, 0.1) is 5.82 Å². The molecule has 0 amide bonds. The Morgan fingerprint density at radius 2 is 2.10 bits per heavy atom. The molecule has 2 aromatic heterocycles. The van der Waals surface area contributed by atoms with Crippen LogP contribution in [0.4, 0.5) is 10.2 Å². The summed E-state index contributed by atoms with van der Waals surface area (Å²) in [7, 11) is 0. The molecule has 2 heterocycles. The van der Waals surface area contributed by atoms with Crippen molar-refractivity contribution in [3.8, 4) is 11.3 Å². The molecule has 0 radical (unpaired) electrons. The van der Waals surface area contributed by atoms with E-state index in [-0.39, 0.29) is 5.82 Å². The molecule has 0 aliphatic heterocycles. The minimum Gasteiger partial charge on any atom is -0.383 e. The molecule has 0 atom stereocenters. The summed E-state index contributed by atoms with van der Waals surface area (Å²) >= 11 is 0. The van der Waals surface area contributed by atoms with E-state index in [1.165, 1.54) is 12.1 Å². The Hall–Kier alpha value is -2.69. The molecule has 0 spiro atoms. The number of hydrogen-bond acceptors (Lipinski definition) is 3. The lowest BCUT2D eigenvalue weighted by atomic mass is 10.1. The van der Waals surface area contributed by atoms with Crippen LogP contribution >= 0.6 is 0 Å². The van der Waals surface area contributed by atoms with Crippen molar-refractivity contribution in [3.63, 3.8) is 0 Å². The number of rotatable bonds is 3. The molecule has 3 rings (SSSR count). The molecule has 0 saturated heterocycles. The molecular formula is C15H13FN4. The third kappa shape index (κ3) is 2.38. The number of nitrogens with zero attached hydrogens (tertiary/aromatic N) is 3.